The van der Waals surface area contributed by atoms with Crippen molar-refractivity contribution in [3.05, 3.63) is 59.7 Å². The first-order valence-corrected chi connectivity index (χ1v) is 10.4. The Morgan fingerprint density at radius 3 is 2.27 bits per heavy atom. The minimum Gasteiger partial charge on any atom is -0.481 e. The molecule has 4 rings (SSSR count). The summed E-state index contributed by atoms with van der Waals surface area (Å²) in [6, 6.07) is 16.1. The molecule has 1 aliphatic carbocycles. The van der Waals surface area contributed by atoms with Gasteiger partial charge in [0.2, 0.25) is 0 Å². The highest BCUT2D eigenvalue weighted by Gasteiger charge is 2.41. The molecular formula is C24H27NO5. The van der Waals surface area contributed by atoms with Crippen LogP contribution in [0.2, 0.25) is 0 Å². The maximum atomic E-state index is 12.9. The maximum Gasteiger partial charge on any atom is 0.410 e. The summed E-state index contributed by atoms with van der Waals surface area (Å²) in [7, 11) is 1.50. The molecule has 1 aliphatic heterocycles. The van der Waals surface area contributed by atoms with E-state index in [9.17, 15) is 14.7 Å². The molecule has 1 N–H and O–H groups in total. The molecule has 158 valence electrons. The summed E-state index contributed by atoms with van der Waals surface area (Å²) in [6.07, 6.45) is 0.547. The van der Waals surface area contributed by atoms with Crippen LogP contribution in [0.4, 0.5) is 4.79 Å². The van der Waals surface area contributed by atoms with Gasteiger partial charge in [0.15, 0.2) is 0 Å². The number of ether oxygens (including phenoxy) is 2. The molecule has 2 aliphatic rings. The average Bonchev–Trinajstić information content (AvgIpc) is 3.36. The summed E-state index contributed by atoms with van der Waals surface area (Å²) in [6.45, 7) is 2.42. The second-order valence-electron chi connectivity index (χ2n) is 8.03. The third kappa shape index (κ3) is 3.56. The first-order valence-electron chi connectivity index (χ1n) is 10.4. The van der Waals surface area contributed by atoms with Gasteiger partial charge in [-0.1, -0.05) is 48.5 Å². The Balaban J connectivity index is 1.49. The molecule has 0 spiro atoms. The summed E-state index contributed by atoms with van der Waals surface area (Å²) in [4.78, 5) is 26.0. The number of carboxylic acid groups (broad SMARTS) is 1. The number of benzene rings is 2. The standard InChI is InChI=1S/C24H27NO5/c1-15(23(26)27)22(29-2)21-12-7-13-25(21)24(28)30-14-20-18-10-5-3-8-16(18)17-9-4-6-11-19(17)20/h3-6,8-11,15,20-22H,7,12-14H2,1-2H3,(H,26,27). The molecule has 0 saturated carbocycles. The summed E-state index contributed by atoms with van der Waals surface area (Å²) < 4.78 is 11.3. The van der Waals surface area contributed by atoms with Crippen molar-refractivity contribution in [2.45, 2.75) is 37.8 Å². The highest BCUT2D eigenvalue weighted by molar-refractivity contribution is 5.79. The molecule has 2 aromatic carbocycles. The second kappa shape index (κ2) is 8.48. The van der Waals surface area contributed by atoms with Gasteiger partial charge in [-0.15, -0.1) is 0 Å². The van der Waals surface area contributed by atoms with Gasteiger partial charge in [0, 0.05) is 19.6 Å². The predicted octanol–water partition coefficient (Wildman–Crippen LogP) is 4.14. The van der Waals surface area contributed by atoms with E-state index in [0.29, 0.717) is 13.0 Å². The van der Waals surface area contributed by atoms with Crippen molar-refractivity contribution in [2.24, 2.45) is 5.92 Å². The van der Waals surface area contributed by atoms with E-state index in [2.05, 4.69) is 24.3 Å². The summed E-state index contributed by atoms with van der Waals surface area (Å²) in [5.74, 6) is -1.64. The monoisotopic (exact) mass is 409 g/mol. The van der Waals surface area contributed by atoms with Crippen LogP contribution in [-0.2, 0) is 14.3 Å². The lowest BCUT2D eigenvalue weighted by atomic mass is 9.96. The molecule has 3 unspecified atom stereocenters. The SMILES string of the molecule is COC(C(C)C(=O)O)C1CCCN1C(=O)OCC1c2ccccc2-c2ccccc21. The highest BCUT2D eigenvalue weighted by atomic mass is 16.6. The quantitative estimate of drug-likeness (QED) is 0.776. The predicted molar refractivity (Wildman–Crippen MR) is 112 cm³/mol. The number of methoxy groups -OCH3 is 1. The Bertz CT molecular complexity index is 897. The third-order valence-electron chi connectivity index (χ3n) is 6.40. The zero-order valence-electron chi connectivity index (χ0n) is 17.3. The van der Waals surface area contributed by atoms with Crippen LogP contribution in [0, 0.1) is 5.92 Å². The lowest BCUT2D eigenvalue weighted by molar-refractivity contribution is -0.147. The lowest BCUT2D eigenvalue weighted by Crippen LogP contribution is -2.48. The van der Waals surface area contributed by atoms with Crippen LogP contribution in [0.1, 0.15) is 36.8 Å². The Kier molecular flexibility index (Phi) is 5.77. The van der Waals surface area contributed by atoms with Crippen LogP contribution in [-0.4, -0.2) is 54.5 Å². The van der Waals surface area contributed by atoms with Gasteiger partial charge in [-0.3, -0.25) is 4.79 Å². The first kappa shape index (κ1) is 20.4. The normalized spacial score (nSPS) is 19.8. The van der Waals surface area contributed by atoms with E-state index in [1.165, 1.54) is 29.4 Å². The zero-order chi connectivity index (χ0) is 21.3. The Morgan fingerprint density at radius 1 is 1.10 bits per heavy atom. The second-order valence-corrected chi connectivity index (χ2v) is 8.03. The first-order chi connectivity index (χ1) is 14.5. The average molecular weight is 409 g/mol. The van der Waals surface area contributed by atoms with Crippen LogP contribution in [0.5, 0.6) is 0 Å². The highest BCUT2D eigenvalue weighted by Crippen LogP contribution is 2.44. The number of aliphatic carboxylic acids is 1. The number of fused-ring (bicyclic) bond motifs is 3. The Labute approximate surface area is 176 Å². The van der Waals surface area contributed by atoms with Crippen molar-refractivity contribution in [1.29, 1.82) is 0 Å². The van der Waals surface area contributed by atoms with E-state index in [4.69, 9.17) is 9.47 Å². The van der Waals surface area contributed by atoms with Crippen molar-refractivity contribution < 1.29 is 24.2 Å². The van der Waals surface area contributed by atoms with Crippen LogP contribution in [0.3, 0.4) is 0 Å². The van der Waals surface area contributed by atoms with Gasteiger partial charge in [0.25, 0.3) is 0 Å². The number of hydrogen-bond donors (Lipinski definition) is 1. The summed E-state index contributed by atoms with van der Waals surface area (Å²) in [5.41, 5.74) is 4.70. The molecule has 0 radical (unpaired) electrons. The van der Waals surface area contributed by atoms with Crippen LogP contribution < -0.4 is 0 Å². The van der Waals surface area contributed by atoms with Gasteiger partial charge in [0.05, 0.1) is 18.1 Å². The molecule has 6 heteroatoms. The molecule has 6 nitrogen and oxygen atoms in total. The van der Waals surface area contributed by atoms with Gasteiger partial charge in [-0.25, -0.2) is 4.79 Å². The van der Waals surface area contributed by atoms with Gasteiger partial charge < -0.3 is 19.5 Å². The van der Waals surface area contributed by atoms with E-state index in [1.54, 1.807) is 11.8 Å². The van der Waals surface area contributed by atoms with Crippen LogP contribution in [0.15, 0.2) is 48.5 Å². The van der Waals surface area contributed by atoms with Gasteiger partial charge in [0.1, 0.15) is 6.61 Å². The van der Waals surface area contributed by atoms with Crippen LogP contribution in [0.25, 0.3) is 11.1 Å². The number of rotatable bonds is 6. The fourth-order valence-corrected chi connectivity index (χ4v) is 4.87. The molecular weight excluding hydrogens is 382 g/mol. The van der Waals surface area contributed by atoms with E-state index in [0.717, 1.165) is 6.42 Å². The van der Waals surface area contributed by atoms with E-state index < -0.39 is 24.1 Å². The topological polar surface area (TPSA) is 76.1 Å². The molecule has 1 heterocycles. The molecule has 3 atom stereocenters. The van der Waals surface area contributed by atoms with Gasteiger partial charge >= 0.3 is 12.1 Å². The van der Waals surface area contributed by atoms with Crippen molar-refractivity contribution in [3.8, 4) is 11.1 Å². The molecule has 30 heavy (non-hydrogen) atoms. The number of carboxylic acids is 1. The zero-order valence-corrected chi connectivity index (χ0v) is 17.3. The largest absolute Gasteiger partial charge is 0.481 e. The molecule has 1 saturated heterocycles. The van der Waals surface area contributed by atoms with E-state index in [1.807, 2.05) is 24.3 Å². The van der Waals surface area contributed by atoms with E-state index >= 15 is 0 Å². The molecule has 1 amide bonds. The number of nitrogens with zero attached hydrogens (tertiary/aromatic N) is 1. The summed E-state index contributed by atoms with van der Waals surface area (Å²) >= 11 is 0. The number of carbonyl (C=O) groups is 2. The maximum absolute atomic E-state index is 12.9. The van der Waals surface area contributed by atoms with Crippen molar-refractivity contribution in [2.75, 3.05) is 20.3 Å². The van der Waals surface area contributed by atoms with Crippen molar-refractivity contribution in [1.82, 2.24) is 4.90 Å². The third-order valence-corrected chi connectivity index (χ3v) is 6.40. The van der Waals surface area contributed by atoms with Crippen LogP contribution >= 0.6 is 0 Å². The fraction of sp³-hybridized carbons (Fsp3) is 0.417. The van der Waals surface area contributed by atoms with Gasteiger partial charge in [-0.2, -0.15) is 0 Å². The number of likely N-dealkylation sites (tertiary alicyclic amines) is 1. The lowest BCUT2D eigenvalue weighted by Gasteiger charge is -2.32. The minimum absolute atomic E-state index is 0.00133. The molecule has 0 aromatic heterocycles. The van der Waals surface area contributed by atoms with E-state index in [-0.39, 0.29) is 18.6 Å². The Morgan fingerprint density at radius 2 is 1.70 bits per heavy atom. The molecule has 1 fully saturated rings. The Hall–Kier alpha value is -2.86. The fourth-order valence-electron chi connectivity index (χ4n) is 4.87. The van der Waals surface area contributed by atoms with Gasteiger partial charge in [-0.05, 0) is 42.0 Å². The minimum atomic E-state index is -0.929. The van der Waals surface area contributed by atoms with Crippen molar-refractivity contribution >= 4 is 12.1 Å². The molecule has 2 aromatic rings. The smallest absolute Gasteiger partial charge is 0.410 e. The number of hydrogen-bond acceptors (Lipinski definition) is 4. The number of amides is 1. The van der Waals surface area contributed by atoms with Crippen molar-refractivity contribution in [3.63, 3.8) is 0 Å². The molecule has 0 bridgehead atoms. The summed E-state index contributed by atoms with van der Waals surface area (Å²) in [5, 5.41) is 9.39. The number of carbonyl (C=O) groups excluding carboxylic acids is 1.